The van der Waals surface area contributed by atoms with Gasteiger partial charge in [-0.05, 0) is 17.8 Å². The summed E-state index contributed by atoms with van der Waals surface area (Å²) in [5.41, 5.74) is 15.6. The standard InChI is InChI=1S/C10H9F3N6S/c11-10(12,13)6-1-5(4(14)3-17-6)20-9-18-7(15)2-8(16)19-9/h1-3H,14H2,(H4,15,16,18,19). The highest BCUT2D eigenvalue weighted by Crippen LogP contribution is 2.35. The van der Waals surface area contributed by atoms with Crippen LogP contribution in [0.5, 0.6) is 0 Å². The molecule has 2 aromatic rings. The summed E-state index contributed by atoms with van der Waals surface area (Å²) < 4.78 is 37.7. The van der Waals surface area contributed by atoms with Crippen LogP contribution in [0, 0.1) is 0 Å². The molecule has 0 spiro atoms. The lowest BCUT2D eigenvalue weighted by Gasteiger charge is -2.09. The Morgan fingerprint density at radius 1 is 1.00 bits per heavy atom. The van der Waals surface area contributed by atoms with Crippen molar-refractivity contribution in [3.63, 3.8) is 0 Å². The van der Waals surface area contributed by atoms with Gasteiger partial charge in [0.15, 0.2) is 5.16 Å². The molecule has 0 bridgehead atoms. The van der Waals surface area contributed by atoms with E-state index in [4.69, 9.17) is 17.2 Å². The molecule has 6 N–H and O–H groups in total. The number of pyridine rings is 1. The molecular weight excluding hydrogens is 293 g/mol. The van der Waals surface area contributed by atoms with E-state index in [1.54, 1.807) is 0 Å². The Kier molecular flexibility index (Phi) is 3.57. The van der Waals surface area contributed by atoms with E-state index in [0.717, 1.165) is 24.0 Å². The Labute approximate surface area is 115 Å². The van der Waals surface area contributed by atoms with E-state index in [2.05, 4.69) is 15.0 Å². The Balaban J connectivity index is 2.37. The lowest BCUT2D eigenvalue weighted by atomic mass is 10.3. The molecule has 0 amide bonds. The van der Waals surface area contributed by atoms with Gasteiger partial charge in [0.25, 0.3) is 0 Å². The van der Waals surface area contributed by atoms with Gasteiger partial charge in [-0.25, -0.2) is 15.0 Å². The SMILES string of the molecule is Nc1cc(N)nc(Sc2cc(C(F)(F)F)ncc2N)n1. The Morgan fingerprint density at radius 2 is 1.60 bits per heavy atom. The van der Waals surface area contributed by atoms with Gasteiger partial charge < -0.3 is 17.2 Å². The summed E-state index contributed by atoms with van der Waals surface area (Å²) in [6.45, 7) is 0. The van der Waals surface area contributed by atoms with Crippen LogP contribution >= 0.6 is 11.8 Å². The van der Waals surface area contributed by atoms with Crippen LogP contribution in [0.1, 0.15) is 5.69 Å². The molecule has 106 valence electrons. The largest absolute Gasteiger partial charge is 0.433 e. The van der Waals surface area contributed by atoms with E-state index < -0.39 is 11.9 Å². The second-order valence-corrected chi connectivity index (χ2v) is 4.72. The van der Waals surface area contributed by atoms with E-state index in [0.29, 0.717) is 0 Å². The normalized spacial score (nSPS) is 11.6. The van der Waals surface area contributed by atoms with Gasteiger partial charge in [-0.15, -0.1) is 0 Å². The highest BCUT2D eigenvalue weighted by atomic mass is 32.2. The first-order valence-electron chi connectivity index (χ1n) is 5.16. The molecular formula is C10H9F3N6S. The lowest BCUT2D eigenvalue weighted by molar-refractivity contribution is -0.141. The summed E-state index contributed by atoms with van der Waals surface area (Å²) in [5.74, 6) is 0.229. The summed E-state index contributed by atoms with van der Waals surface area (Å²) in [6, 6.07) is 2.16. The van der Waals surface area contributed by atoms with Crippen molar-refractivity contribution >= 4 is 29.1 Å². The molecule has 20 heavy (non-hydrogen) atoms. The van der Waals surface area contributed by atoms with Crippen LogP contribution in [-0.4, -0.2) is 15.0 Å². The maximum atomic E-state index is 12.6. The molecule has 10 heteroatoms. The number of hydrogen-bond donors (Lipinski definition) is 3. The molecule has 0 saturated heterocycles. The van der Waals surface area contributed by atoms with Crippen LogP contribution in [0.15, 0.2) is 28.4 Å². The molecule has 0 aliphatic heterocycles. The number of hydrogen-bond acceptors (Lipinski definition) is 7. The predicted octanol–water partition coefficient (Wildman–Crippen LogP) is 1.79. The van der Waals surface area contributed by atoms with Crippen molar-refractivity contribution in [3.05, 3.63) is 24.0 Å². The molecule has 0 aliphatic rings. The van der Waals surface area contributed by atoms with Crippen molar-refractivity contribution in [2.45, 2.75) is 16.2 Å². The Bertz CT molecular complexity index is 625. The smallest absolute Gasteiger partial charge is 0.397 e. The average Bonchev–Trinajstić information content (AvgIpc) is 2.29. The minimum atomic E-state index is -4.56. The molecule has 0 saturated carbocycles. The third-order valence-corrected chi connectivity index (χ3v) is 3.07. The summed E-state index contributed by atoms with van der Waals surface area (Å²) in [7, 11) is 0. The van der Waals surface area contributed by atoms with E-state index in [9.17, 15) is 13.2 Å². The van der Waals surface area contributed by atoms with Gasteiger partial charge >= 0.3 is 6.18 Å². The van der Waals surface area contributed by atoms with Crippen molar-refractivity contribution in [2.24, 2.45) is 0 Å². The van der Waals surface area contributed by atoms with Gasteiger partial charge in [-0.3, -0.25) is 0 Å². The molecule has 0 aromatic carbocycles. The van der Waals surface area contributed by atoms with Crippen molar-refractivity contribution in [3.8, 4) is 0 Å². The van der Waals surface area contributed by atoms with Crippen LogP contribution < -0.4 is 17.2 Å². The molecule has 0 aliphatic carbocycles. The summed E-state index contributed by atoms with van der Waals surface area (Å²) in [5, 5.41) is 0.105. The minimum absolute atomic E-state index is 0.0765. The fourth-order valence-electron chi connectivity index (χ4n) is 1.30. The van der Waals surface area contributed by atoms with E-state index >= 15 is 0 Å². The van der Waals surface area contributed by atoms with Crippen LogP contribution in [0.4, 0.5) is 30.5 Å². The highest BCUT2D eigenvalue weighted by Gasteiger charge is 2.33. The zero-order chi connectivity index (χ0) is 14.9. The van der Waals surface area contributed by atoms with Crippen LogP contribution in [0.2, 0.25) is 0 Å². The highest BCUT2D eigenvalue weighted by molar-refractivity contribution is 7.99. The second kappa shape index (κ2) is 5.04. The number of anilines is 3. The molecule has 0 unspecified atom stereocenters. The first kappa shape index (κ1) is 14.2. The molecule has 2 heterocycles. The molecule has 0 radical (unpaired) electrons. The number of aromatic nitrogens is 3. The summed E-state index contributed by atoms with van der Waals surface area (Å²) in [6.07, 6.45) is -3.63. The van der Waals surface area contributed by atoms with Crippen molar-refractivity contribution in [2.75, 3.05) is 17.2 Å². The predicted molar refractivity (Wildman–Crippen MR) is 68.6 cm³/mol. The first-order valence-corrected chi connectivity index (χ1v) is 5.98. The van der Waals surface area contributed by atoms with Crippen molar-refractivity contribution in [1.29, 1.82) is 0 Å². The Hall–Kier alpha value is -2.23. The average molecular weight is 302 g/mol. The monoisotopic (exact) mass is 302 g/mol. The van der Waals surface area contributed by atoms with Crippen molar-refractivity contribution in [1.82, 2.24) is 15.0 Å². The van der Waals surface area contributed by atoms with Gasteiger partial charge in [0.05, 0.1) is 11.9 Å². The fourth-order valence-corrected chi connectivity index (χ4v) is 2.14. The van der Waals surface area contributed by atoms with E-state index in [1.165, 1.54) is 6.07 Å². The Morgan fingerprint density at radius 3 is 2.15 bits per heavy atom. The number of nitrogens with two attached hydrogens (primary N) is 3. The van der Waals surface area contributed by atoms with Gasteiger partial charge in [0.2, 0.25) is 0 Å². The summed E-state index contributed by atoms with van der Waals surface area (Å²) >= 11 is 0.826. The number of rotatable bonds is 2. The molecule has 0 fully saturated rings. The van der Waals surface area contributed by atoms with Crippen LogP contribution in [0.3, 0.4) is 0 Å². The maximum absolute atomic E-state index is 12.6. The van der Waals surface area contributed by atoms with Gasteiger partial charge in [0, 0.05) is 11.0 Å². The van der Waals surface area contributed by atoms with Crippen molar-refractivity contribution < 1.29 is 13.2 Å². The minimum Gasteiger partial charge on any atom is -0.397 e. The molecule has 6 nitrogen and oxygen atoms in total. The van der Waals surface area contributed by atoms with E-state index in [1.807, 2.05) is 0 Å². The fraction of sp³-hybridized carbons (Fsp3) is 0.100. The zero-order valence-electron chi connectivity index (χ0n) is 9.85. The molecule has 0 atom stereocenters. The third-order valence-electron chi connectivity index (χ3n) is 2.13. The number of halogens is 3. The molecule has 2 rings (SSSR count). The van der Waals surface area contributed by atoms with Gasteiger partial charge in [-0.1, -0.05) is 0 Å². The van der Waals surface area contributed by atoms with E-state index in [-0.39, 0.29) is 27.4 Å². The molecule has 2 aromatic heterocycles. The lowest BCUT2D eigenvalue weighted by Crippen LogP contribution is -2.08. The van der Waals surface area contributed by atoms with Gasteiger partial charge in [-0.2, -0.15) is 13.2 Å². The quantitative estimate of drug-likeness (QED) is 0.724. The summed E-state index contributed by atoms with van der Waals surface area (Å²) in [4.78, 5) is 11.1. The number of alkyl halides is 3. The number of nitrogens with zero attached hydrogens (tertiary/aromatic N) is 3. The first-order chi connectivity index (χ1) is 9.25. The third kappa shape index (κ3) is 3.20. The van der Waals surface area contributed by atoms with Crippen LogP contribution in [-0.2, 0) is 6.18 Å². The zero-order valence-corrected chi connectivity index (χ0v) is 10.7. The number of nitrogen functional groups attached to an aromatic ring is 3. The maximum Gasteiger partial charge on any atom is 0.433 e. The second-order valence-electron chi connectivity index (χ2n) is 3.71. The van der Waals surface area contributed by atoms with Crippen LogP contribution in [0.25, 0.3) is 0 Å². The van der Waals surface area contributed by atoms with Gasteiger partial charge in [0.1, 0.15) is 17.3 Å². The topological polar surface area (TPSA) is 117 Å².